The van der Waals surface area contributed by atoms with Crippen LogP contribution in [0.1, 0.15) is 44.2 Å². The number of nitrogens with zero attached hydrogens (tertiary/aromatic N) is 1. The number of benzene rings is 1. The standard InChI is InChI=1S/C22H37N3O3/c1-3-12-26-18-21-9-6-5-8-20(21)15-25-22(23-4-2)24-11-7-13-27-16-19-10-14-28-17-19/h5-6,8-9,19H,3-4,7,10-18H2,1-2H3,(H2,23,24,25). The summed E-state index contributed by atoms with van der Waals surface area (Å²) in [5, 5.41) is 6.70. The van der Waals surface area contributed by atoms with Crippen LogP contribution in [0.5, 0.6) is 0 Å². The molecule has 0 amide bonds. The lowest BCUT2D eigenvalue weighted by Gasteiger charge is -2.13. The molecule has 1 fully saturated rings. The topological polar surface area (TPSA) is 64.1 Å². The van der Waals surface area contributed by atoms with Crippen LogP contribution in [0.15, 0.2) is 29.3 Å². The van der Waals surface area contributed by atoms with Gasteiger partial charge in [-0.2, -0.15) is 0 Å². The molecule has 1 aliphatic heterocycles. The third-order valence-electron chi connectivity index (χ3n) is 4.61. The van der Waals surface area contributed by atoms with E-state index in [0.29, 0.717) is 19.1 Å². The van der Waals surface area contributed by atoms with Crippen molar-refractivity contribution in [3.05, 3.63) is 35.4 Å². The molecule has 0 aromatic heterocycles. The maximum atomic E-state index is 5.76. The van der Waals surface area contributed by atoms with E-state index in [1.165, 1.54) is 11.1 Å². The Bertz CT molecular complexity index is 560. The van der Waals surface area contributed by atoms with E-state index in [1.54, 1.807) is 0 Å². The zero-order valence-electron chi connectivity index (χ0n) is 17.5. The van der Waals surface area contributed by atoms with Crippen LogP contribution in [-0.2, 0) is 27.4 Å². The van der Waals surface area contributed by atoms with E-state index in [2.05, 4.69) is 48.7 Å². The zero-order chi connectivity index (χ0) is 19.9. The van der Waals surface area contributed by atoms with Gasteiger partial charge in [-0.25, -0.2) is 4.99 Å². The molecule has 0 bridgehead atoms. The first-order valence-corrected chi connectivity index (χ1v) is 10.7. The summed E-state index contributed by atoms with van der Waals surface area (Å²) < 4.78 is 16.8. The first-order valence-electron chi connectivity index (χ1n) is 10.7. The summed E-state index contributed by atoms with van der Waals surface area (Å²) in [6.07, 6.45) is 3.12. The average Bonchev–Trinajstić information content (AvgIpc) is 3.23. The van der Waals surface area contributed by atoms with E-state index in [0.717, 1.165) is 71.3 Å². The van der Waals surface area contributed by atoms with Gasteiger partial charge in [-0.3, -0.25) is 0 Å². The van der Waals surface area contributed by atoms with Crippen molar-refractivity contribution in [2.45, 2.75) is 46.3 Å². The van der Waals surface area contributed by atoms with E-state index in [1.807, 2.05) is 0 Å². The number of ether oxygens (including phenoxy) is 3. The maximum Gasteiger partial charge on any atom is 0.191 e. The predicted octanol–water partition coefficient (Wildman–Crippen LogP) is 3.11. The fourth-order valence-electron chi connectivity index (χ4n) is 3.03. The third-order valence-corrected chi connectivity index (χ3v) is 4.61. The van der Waals surface area contributed by atoms with Gasteiger partial charge in [0.25, 0.3) is 0 Å². The molecule has 158 valence electrons. The smallest absolute Gasteiger partial charge is 0.191 e. The van der Waals surface area contributed by atoms with Gasteiger partial charge >= 0.3 is 0 Å². The molecule has 1 atom stereocenters. The quantitative estimate of drug-likeness (QED) is 0.307. The van der Waals surface area contributed by atoms with Gasteiger partial charge in [-0.15, -0.1) is 0 Å². The molecule has 28 heavy (non-hydrogen) atoms. The summed E-state index contributed by atoms with van der Waals surface area (Å²) in [5.74, 6) is 1.42. The third kappa shape index (κ3) is 9.04. The Hall–Kier alpha value is -1.63. The van der Waals surface area contributed by atoms with Crippen molar-refractivity contribution in [1.82, 2.24) is 10.6 Å². The molecule has 1 heterocycles. The van der Waals surface area contributed by atoms with Crippen molar-refractivity contribution in [1.29, 1.82) is 0 Å². The zero-order valence-corrected chi connectivity index (χ0v) is 17.5. The Balaban J connectivity index is 1.72. The Morgan fingerprint density at radius 1 is 1.14 bits per heavy atom. The van der Waals surface area contributed by atoms with Gasteiger partial charge in [0.05, 0.1) is 26.4 Å². The lowest BCUT2D eigenvalue weighted by Crippen LogP contribution is -2.38. The molecule has 2 N–H and O–H groups in total. The number of hydrogen-bond acceptors (Lipinski definition) is 4. The van der Waals surface area contributed by atoms with Gasteiger partial charge in [0.2, 0.25) is 0 Å². The number of nitrogens with one attached hydrogen (secondary N) is 2. The molecule has 0 saturated carbocycles. The summed E-state index contributed by atoms with van der Waals surface area (Å²) in [5.41, 5.74) is 2.41. The molecule has 0 radical (unpaired) electrons. The summed E-state index contributed by atoms with van der Waals surface area (Å²) >= 11 is 0. The van der Waals surface area contributed by atoms with Gasteiger partial charge in [0.1, 0.15) is 0 Å². The molecular weight excluding hydrogens is 354 g/mol. The maximum absolute atomic E-state index is 5.76. The minimum absolute atomic E-state index is 0.577. The molecule has 6 heteroatoms. The highest BCUT2D eigenvalue weighted by Gasteiger charge is 2.15. The summed E-state index contributed by atoms with van der Waals surface area (Å²) in [6.45, 7) is 11.3. The van der Waals surface area contributed by atoms with Crippen LogP contribution in [0.25, 0.3) is 0 Å². The SMILES string of the molecule is CCCOCc1ccccc1CN=C(NCC)NCCCOCC1CCOC1. The predicted molar refractivity (Wildman–Crippen MR) is 114 cm³/mol. The van der Waals surface area contributed by atoms with Crippen LogP contribution < -0.4 is 10.6 Å². The fourth-order valence-corrected chi connectivity index (χ4v) is 3.03. The van der Waals surface area contributed by atoms with E-state index < -0.39 is 0 Å². The van der Waals surface area contributed by atoms with Crippen LogP contribution in [0.4, 0.5) is 0 Å². The molecular formula is C22H37N3O3. The molecule has 1 aromatic carbocycles. The van der Waals surface area contributed by atoms with Gasteiger partial charge in [0.15, 0.2) is 5.96 Å². The Kier molecular flexibility index (Phi) is 11.6. The summed E-state index contributed by atoms with van der Waals surface area (Å²) in [6, 6.07) is 8.35. The van der Waals surface area contributed by atoms with Crippen LogP contribution in [0.2, 0.25) is 0 Å². The molecule has 1 saturated heterocycles. The summed E-state index contributed by atoms with van der Waals surface area (Å²) in [7, 11) is 0. The molecule has 1 unspecified atom stereocenters. The van der Waals surface area contributed by atoms with Crippen molar-refractivity contribution in [3.63, 3.8) is 0 Å². The number of guanidine groups is 1. The van der Waals surface area contributed by atoms with Crippen LogP contribution >= 0.6 is 0 Å². The van der Waals surface area contributed by atoms with Crippen molar-refractivity contribution < 1.29 is 14.2 Å². The van der Waals surface area contributed by atoms with Crippen LogP contribution in [-0.4, -0.2) is 52.1 Å². The molecule has 0 aliphatic carbocycles. The Morgan fingerprint density at radius 2 is 2.00 bits per heavy atom. The van der Waals surface area contributed by atoms with Gasteiger partial charge in [-0.05, 0) is 37.3 Å². The highest BCUT2D eigenvalue weighted by Crippen LogP contribution is 2.13. The largest absolute Gasteiger partial charge is 0.381 e. The highest BCUT2D eigenvalue weighted by atomic mass is 16.5. The van der Waals surface area contributed by atoms with Crippen LogP contribution in [0.3, 0.4) is 0 Å². The van der Waals surface area contributed by atoms with E-state index in [4.69, 9.17) is 19.2 Å². The van der Waals surface area contributed by atoms with Crippen molar-refractivity contribution in [3.8, 4) is 0 Å². The Morgan fingerprint density at radius 3 is 2.75 bits per heavy atom. The van der Waals surface area contributed by atoms with Gasteiger partial charge in [0, 0.05) is 38.8 Å². The highest BCUT2D eigenvalue weighted by molar-refractivity contribution is 5.79. The van der Waals surface area contributed by atoms with Crippen molar-refractivity contribution in [2.24, 2.45) is 10.9 Å². The second-order valence-electron chi connectivity index (χ2n) is 7.10. The Labute approximate surface area is 170 Å². The van der Waals surface area contributed by atoms with E-state index >= 15 is 0 Å². The molecule has 2 rings (SSSR count). The minimum Gasteiger partial charge on any atom is -0.381 e. The van der Waals surface area contributed by atoms with Crippen molar-refractivity contribution >= 4 is 5.96 Å². The lowest BCUT2D eigenvalue weighted by atomic mass is 10.1. The molecule has 0 spiro atoms. The second-order valence-corrected chi connectivity index (χ2v) is 7.10. The number of rotatable bonds is 13. The van der Waals surface area contributed by atoms with Crippen LogP contribution in [0, 0.1) is 5.92 Å². The summed E-state index contributed by atoms with van der Waals surface area (Å²) in [4.78, 5) is 4.73. The van der Waals surface area contributed by atoms with E-state index in [-0.39, 0.29) is 0 Å². The van der Waals surface area contributed by atoms with E-state index in [9.17, 15) is 0 Å². The minimum atomic E-state index is 0.577. The monoisotopic (exact) mass is 391 g/mol. The van der Waals surface area contributed by atoms with Gasteiger partial charge < -0.3 is 24.8 Å². The molecule has 1 aliphatic rings. The number of aliphatic imine (C=N–C) groups is 1. The fraction of sp³-hybridized carbons (Fsp3) is 0.682. The lowest BCUT2D eigenvalue weighted by molar-refractivity contribution is 0.0888. The number of hydrogen-bond donors (Lipinski definition) is 2. The molecule has 6 nitrogen and oxygen atoms in total. The van der Waals surface area contributed by atoms with Crippen molar-refractivity contribution in [2.75, 3.05) is 46.1 Å². The molecule has 1 aromatic rings. The van der Waals surface area contributed by atoms with Gasteiger partial charge in [-0.1, -0.05) is 31.2 Å². The first kappa shape index (κ1) is 22.7. The average molecular weight is 392 g/mol. The first-order chi connectivity index (χ1) is 13.8. The normalized spacial score (nSPS) is 17.1. The second kappa shape index (κ2) is 14.4.